The van der Waals surface area contributed by atoms with E-state index in [2.05, 4.69) is 0 Å². The van der Waals surface area contributed by atoms with Crippen LogP contribution in [0.3, 0.4) is 0 Å². The summed E-state index contributed by atoms with van der Waals surface area (Å²) in [5.41, 5.74) is 1.89. The SMILES string of the molecule is O=C1/C(=C/c2cccc(C(F)(F)F)c2)CCc2ccccc21. The number of hydrogen-bond donors (Lipinski definition) is 0. The summed E-state index contributed by atoms with van der Waals surface area (Å²) in [4.78, 5) is 12.4. The van der Waals surface area contributed by atoms with Gasteiger partial charge in [0.15, 0.2) is 5.78 Å². The molecule has 0 atom stereocenters. The van der Waals surface area contributed by atoms with E-state index in [0.29, 0.717) is 23.1 Å². The van der Waals surface area contributed by atoms with E-state index in [1.807, 2.05) is 12.1 Å². The Balaban J connectivity index is 1.96. The summed E-state index contributed by atoms with van der Waals surface area (Å²) < 4.78 is 38.2. The van der Waals surface area contributed by atoms with Crippen molar-refractivity contribution in [2.24, 2.45) is 0 Å². The molecule has 0 bridgehead atoms. The number of carbonyl (C=O) groups excluding carboxylic acids is 1. The summed E-state index contributed by atoms with van der Waals surface area (Å²) in [6, 6.07) is 12.4. The fourth-order valence-corrected chi connectivity index (χ4v) is 2.66. The van der Waals surface area contributed by atoms with Crippen molar-refractivity contribution in [3.8, 4) is 0 Å². The number of aryl methyl sites for hydroxylation is 1. The topological polar surface area (TPSA) is 17.1 Å². The van der Waals surface area contributed by atoms with Crippen molar-refractivity contribution < 1.29 is 18.0 Å². The first-order valence-electron chi connectivity index (χ1n) is 6.95. The molecule has 3 rings (SSSR count). The van der Waals surface area contributed by atoms with Gasteiger partial charge in [0.2, 0.25) is 0 Å². The van der Waals surface area contributed by atoms with E-state index in [9.17, 15) is 18.0 Å². The van der Waals surface area contributed by atoms with Crippen molar-refractivity contribution in [1.82, 2.24) is 0 Å². The highest BCUT2D eigenvalue weighted by atomic mass is 19.4. The van der Waals surface area contributed by atoms with E-state index in [4.69, 9.17) is 0 Å². The van der Waals surface area contributed by atoms with E-state index in [0.717, 1.165) is 24.1 Å². The summed E-state index contributed by atoms with van der Waals surface area (Å²) in [6.07, 6.45) is -1.54. The summed E-state index contributed by atoms with van der Waals surface area (Å²) in [6.45, 7) is 0. The van der Waals surface area contributed by atoms with Gasteiger partial charge < -0.3 is 0 Å². The molecule has 0 unspecified atom stereocenters. The van der Waals surface area contributed by atoms with Crippen LogP contribution in [-0.2, 0) is 12.6 Å². The Labute approximate surface area is 126 Å². The molecule has 0 saturated heterocycles. The van der Waals surface area contributed by atoms with Crippen LogP contribution in [-0.4, -0.2) is 5.78 Å². The number of alkyl halides is 3. The minimum atomic E-state index is -4.38. The van der Waals surface area contributed by atoms with Crippen LogP contribution in [0.25, 0.3) is 6.08 Å². The van der Waals surface area contributed by atoms with E-state index in [1.54, 1.807) is 24.3 Å². The minimum absolute atomic E-state index is 0.0979. The molecule has 0 heterocycles. The third-order valence-electron chi connectivity index (χ3n) is 3.77. The second-order valence-electron chi connectivity index (χ2n) is 5.28. The zero-order valence-corrected chi connectivity index (χ0v) is 11.7. The third kappa shape index (κ3) is 2.82. The number of Topliss-reactive ketones (excluding diaryl/α,β-unsaturated/α-hetero) is 1. The lowest BCUT2D eigenvalue weighted by atomic mass is 9.86. The maximum Gasteiger partial charge on any atom is 0.416 e. The number of halogens is 3. The Morgan fingerprint density at radius 1 is 0.955 bits per heavy atom. The van der Waals surface area contributed by atoms with Crippen molar-refractivity contribution in [3.05, 3.63) is 76.4 Å². The summed E-state index contributed by atoms with van der Waals surface area (Å²) in [5, 5.41) is 0. The molecule has 1 nitrogen and oxygen atoms in total. The van der Waals surface area contributed by atoms with Gasteiger partial charge in [0.05, 0.1) is 5.56 Å². The van der Waals surface area contributed by atoms with Crippen LogP contribution in [0, 0.1) is 0 Å². The summed E-state index contributed by atoms with van der Waals surface area (Å²) >= 11 is 0. The normalized spacial score (nSPS) is 16.7. The van der Waals surface area contributed by atoms with E-state index >= 15 is 0 Å². The van der Waals surface area contributed by atoms with Crippen LogP contribution < -0.4 is 0 Å². The average Bonchev–Trinajstić information content (AvgIpc) is 2.50. The number of carbonyl (C=O) groups is 1. The van der Waals surface area contributed by atoms with E-state index in [1.165, 1.54) is 6.07 Å². The van der Waals surface area contributed by atoms with Crippen molar-refractivity contribution in [2.75, 3.05) is 0 Å². The lowest BCUT2D eigenvalue weighted by molar-refractivity contribution is -0.137. The Morgan fingerprint density at radius 3 is 2.50 bits per heavy atom. The standard InChI is InChI=1S/C18H13F3O/c19-18(20,21)15-6-3-4-12(11-15)10-14-9-8-13-5-1-2-7-16(13)17(14)22/h1-7,10-11H,8-9H2/b14-10+. The molecule has 2 aromatic carbocycles. The fraction of sp³-hybridized carbons (Fsp3) is 0.167. The molecule has 0 aliphatic heterocycles. The van der Waals surface area contributed by atoms with Crippen molar-refractivity contribution >= 4 is 11.9 Å². The van der Waals surface area contributed by atoms with Crippen molar-refractivity contribution in [1.29, 1.82) is 0 Å². The first-order chi connectivity index (χ1) is 10.4. The van der Waals surface area contributed by atoms with E-state index in [-0.39, 0.29) is 5.78 Å². The zero-order chi connectivity index (χ0) is 15.7. The van der Waals surface area contributed by atoms with Crippen LogP contribution in [0.2, 0.25) is 0 Å². The summed E-state index contributed by atoms with van der Waals surface area (Å²) in [5.74, 6) is -0.0979. The molecular formula is C18H13F3O. The van der Waals surface area contributed by atoms with Gasteiger partial charge in [-0.25, -0.2) is 0 Å². The maximum atomic E-state index is 12.7. The molecule has 1 aliphatic rings. The highest BCUT2D eigenvalue weighted by Gasteiger charge is 2.30. The number of allylic oxidation sites excluding steroid dienone is 1. The maximum absolute atomic E-state index is 12.7. The molecule has 0 radical (unpaired) electrons. The highest BCUT2D eigenvalue weighted by Crippen LogP contribution is 2.31. The quantitative estimate of drug-likeness (QED) is 0.683. The lowest BCUT2D eigenvalue weighted by Crippen LogP contribution is -2.13. The predicted molar refractivity (Wildman–Crippen MR) is 78.5 cm³/mol. The van der Waals surface area contributed by atoms with Gasteiger partial charge in [-0.15, -0.1) is 0 Å². The minimum Gasteiger partial charge on any atom is -0.289 e. The monoisotopic (exact) mass is 302 g/mol. The summed E-state index contributed by atoms with van der Waals surface area (Å²) in [7, 11) is 0. The molecule has 22 heavy (non-hydrogen) atoms. The second-order valence-corrected chi connectivity index (χ2v) is 5.28. The number of benzene rings is 2. The second kappa shape index (κ2) is 5.44. The van der Waals surface area contributed by atoms with Crippen LogP contribution in [0.15, 0.2) is 54.1 Å². The van der Waals surface area contributed by atoms with Crippen molar-refractivity contribution in [2.45, 2.75) is 19.0 Å². The lowest BCUT2D eigenvalue weighted by Gasteiger charge is -2.17. The van der Waals surface area contributed by atoms with Crippen LogP contribution in [0.4, 0.5) is 13.2 Å². The smallest absolute Gasteiger partial charge is 0.289 e. The van der Waals surface area contributed by atoms with Gasteiger partial charge >= 0.3 is 6.18 Å². The van der Waals surface area contributed by atoms with Gasteiger partial charge in [-0.3, -0.25) is 4.79 Å². The molecule has 0 N–H and O–H groups in total. The molecule has 2 aromatic rings. The zero-order valence-electron chi connectivity index (χ0n) is 11.7. The average molecular weight is 302 g/mol. The number of rotatable bonds is 1. The largest absolute Gasteiger partial charge is 0.416 e. The molecule has 0 amide bonds. The highest BCUT2D eigenvalue weighted by molar-refractivity contribution is 6.13. The fourth-order valence-electron chi connectivity index (χ4n) is 2.66. The number of ketones is 1. The third-order valence-corrected chi connectivity index (χ3v) is 3.77. The van der Waals surface area contributed by atoms with Crippen LogP contribution in [0.1, 0.15) is 33.5 Å². The molecule has 0 fully saturated rings. The Bertz CT molecular complexity index is 757. The van der Waals surface area contributed by atoms with Crippen LogP contribution in [0.5, 0.6) is 0 Å². The molecule has 0 saturated carbocycles. The van der Waals surface area contributed by atoms with Gasteiger partial charge in [0.25, 0.3) is 0 Å². The molecule has 4 heteroatoms. The molecule has 0 spiro atoms. The van der Waals surface area contributed by atoms with Gasteiger partial charge in [-0.2, -0.15) is 13.2 Å². The van der Waals surface area contributed by atoms with Crippen LogP contribution >= 0.6 is 0 Å². The van der Waals surface area contributed by atoms with Crippen molar-refractivity contribution in [3.63, 3.8) is 0 Å². The van der Waals surface area contributed by atoms with Gasteiger partial charge in [-0.1, -0.05) is 36.4 Å². The molecule has 1 aliphatic carbocycles. The number of hydrogen-bond acceptors (Lipinski definition) is 1. The first-order valence-corrected chi connectivity index (χ1v) is 6.95. The molecule has 0 aromatic heterocycles. The Kier molecular flexibility index (Phi) is 3.61. The Morgan fingerprint density at radius 2 is 1.73 bits per heavy atom. The Hall–Kier alpha value is -2.36. The van der Waals surface area contributed by atoms with Gasteiger partial charge in [0.1, 0.15) is 0 Å². The van der Waals surface area contributed by atoms with E-state index < -0.39 is 11.7 Å². The predicted octanol–water partition coefficient (Wildman–Crippen LogP) is 4.92. The molecular weight excluding hydrogens is 289 g/mol. The first kappa shape index (κ1) is 14.6. The van der Waals surface area contributed by atoms with Gasteiger partial charge in [0, 0.05) is 11.1 Å². The van der Waals surface area contributed by atoms with Gasteiger partial charge in [-0.05, 0) is 42.2 Å². The number of fused-ring (bicyclic) bond motifs is 1. The molecule has 112 valence electrons.